The lowest BCUT2D eigenvalue weighted by molar-refractivity contribution is -0.132. The van der Waals surface area contributed by atoms with Crippen LogP contribution < -0.4 is 0 Å². The predicted molar refractivity (Wildman–Crippen MR) is 89.0 cm³/mol. The minimum absolute atomic E-state index is 0.0458. The first-order valence-electron chi connectivity index (χ1n) is 7.10. The van der Waals surface area contributed by atoms with Crippen LogP contribution >= 0.6 is 22.9 Å². The molecule has 1 N–H and O–H groups in total. The maximum Gasteiger partial charge on any atom is 0.225 e. The van der Waals surface area contributed by atoms with Crippen LogP contribution in [0, 0.1) is 0 Å². The number of benzene rings is 1. The van der Waals surface area contributed by atoms with Gasteiger partial charge in [0.1, 0.15) is 5.01 Å². The summed E-state index contributed by atoms with van der Waals surface area (Å²) in [6.45, 7) is 2.55. The average molecular weight is 339 g/mol. The van der Waals surface area contributed by atoms with Crippen LogP contribution in [0.2, 0.25) is 5.02 Å². The van der Waals surface area contributed by atoms with Gasteiger partial charge in [0.15, 0.2) is 0 Å². The van der Waals surface area contributed by atoms with Crippen molar-refractivity contribution in [3.05, 3.63) is 50.9 Å². The molecule has 4 nitrogen and oxygen atoms in total. The first kappa shape index (κ1) is 16.9. The van der Waals surface area contributed by atoms with Crippen LogP contribution in [0.15, 0.2) is 30.5 Å². The van der Waals surface area contributed by atoms with Gasteiger partial charge < -0.3 is 10.0 Å². The highest BCUT2D eigenvalue weighted by atomic mass is 35.5. The van der Waals surface area contributed by atoms with Crippen LogP contribution in [0.25, 0.3) is 0 Å². The fraction of sp³-hybridized carbons (Fsp3) is 0.375. The lowest BCUT2D eigenvalue weighted by atomic mass is 10.1. The normalized spacial score (nSPS) is 12.2. The maximum atomic E-state index is 12.2. The molecule has 6 heteroatoms. The van der Waals surface area contributed by atoms with Crippen LogP contribution in [-0.4, -0.2) is 27.9 Å². The number of amides is 1. The molecule has 1 heterocycles. The lowest BCUT2D eigenvalue weighted by Crippen LogP contribution is -2.27. The summed E-state index contributed by atoms with van der Waals surface area (Å²) in [6.07, 6.45) is 2.02. The van der Waals surface area contributed by atoms with Gasteiger partial charge in [-0.1, -0.05) is 30.7 Å². The minimum Gasteiger partial charge on any atom is -0.388 e. The summed E-state index contributed by atoms with van der Waals surface area (Å²) in [5.41, 5.74) is 0.689. The molecular formula is C16H19ClN2O2S. The SMILES string of the molecule is CCc1cnc(CN(C)C(=O)CC(O)c2ccc(Cl)cc2)s1. The molecule has 22 heavy (non-hydrogen) atoms. The number of hydrogen-bond donors (Lipinski definition) is 1. The Bertz CT molecular complexity index is 627. The Kier molecular flexibility index (Phi) is 5.94. The van der Waals surface area contributed by atoms with E-state index in [0.717, 1.165) is 11.4 Å². The number of aliphatic hydroxyl groups is 1. The van der Waals surface area contributed by atoms with Gasteiger partial charge in [0.05, 0.1) is 19.1 Å². The van der Waals surface area contributed by atoms with Gasteiger partial charge >= 0.3 is 0 Å². The van der Waals surface area contributed by atoms with Crippen molar-refractivity contribution in [1.29, 1.82) is 0 Å². The molecular weight excluding hydrogens is 320 g/mol. The third-order valence-corrected chi connectivity index (χ3v) is 4.75. The highest BCUT2D eigenvalue weighted by Gasteiger charge is 2.17. The van der Waals surface area contributed by atoms with Crippen molar-refractivity contribution in [2.45, 2.75) is 32.4 Å². The Labute approximate surface area is 139 Å². The molecule has 0 radical (unpaired) electrons. The summed E-state index contributed by atoms with van der Waals surface area (Å²) < 4.78 is 0. The molecule has 1 aromatic heterocycles. The number of aromatic nitrogens is 1. The summed E-state index contributed by atoms with van der Waals surface area (Å²) in [4.78, 5) is 19.3. The monoisotopic (exact) mass is 338 g/mol. The number of halogens is 1. The van der Waals surface area contributed by atoms with E-state index >= 15 is 0 Å². The molecule has 1 amide bonds. The number of carbonyl (C=O) groups excluding carboxylic acids is 1. The van der Waals surface area contributed by atoms with Crippen LogP contribution in [0.4, 0.5) is 0 Å². The smallest absolute Gasteiger partial charge is 0.225 e. The van der Waals surface area contributed by atoms with E-state index in [4.69, 9.17) is 11.6 Å². The molecule has 2 rings (SSSR count). The topological polar surface area (TPSA) is 53.4 Å². The molecule has 0 aliphatic rings. The van der Waals surface area contributed by atoms with Crippen molar-refractivity contribution >= 4 is 28.8 Å². The summed E-state index contributed by atoms with van der Waals surface area (Å²) in [5, 5.41) is 11.7. The predicted octanol–water partition coefficient (Wildman–Crippen LogP) is 3.44. The van der Waals surface area contributed by atoms with Gasteiger partial charge in [0.2, 0.25) is 5.91 Å². The summed E-state index contributed by atoms with van der Waals surface area (Å²) >= 11 is 7.43. The Balaban J connectivity index is 1.91. The van der Waals surface area contributed by atoms with Gasteiger partial charge in [-0.3, -0.25) is 4.79 Å². The van der Waals surface area contributed by atoms with Gasteiger partial charge in [-0.25, -0.2) is 4.98 Å². The molecule has 0 saturated heterocycles. The number of carbonyl (C=O) groups is 1. The van der Waals surface area contributed by atoms with Crippen LogP contribution in [0.3, 0.4) is 0 Å². The van der Waals surface area contributed by atoms with E-state index in [0.29, 0.717) is 17.1 Å². The Morgan fingerprint density at radius 3 is 2.68 bits per heavy atom. The van der Waals surface area contributed by atoms with Gasteiger partial charge in [-0.2, -0.15) is 0 Å². The zero-order valence-electron chi connectivity index (χ0n) is 12.6. The second-order valence-electron chi connectivity index (χ2n) is 5.10. The summed E-state index contributed by atoms with van der Waals surface area (Å²) in [5.74, 6) is -0.115. The van der Waals surface area contributed by atoms with E-state index in [1.807, 2.05) is 6.20 Å². The number of aryl methyl sites for hydroxylation is 1. The number of aliphatic hydroxyl groups excluding tert-OH is 1. The zero-order chi connectivity index (χ0) is 16.1. The van der Waals surface area contributed by atoms with Crippen molar-refractivity contribution in [3.8, 4) is 0 Å². The van der Waals surface area contributed by atoms with Crippen molar-refractivity contribution in [2.75, 3.05) is 7.05 Å². The van der Waals surface area contributed by atoms with E-state index < -0.39 is 6.10 Å². The first-order chi connectivity index (χ1) is 10.5. The van der Waals surface area contributed by atoms with Crippen LogP contribution in [0.5, 0.6) is 0 Å². The molecule has 0 saturated carbocycles. The Hall–Kier alpha value is -1.43. The number of rotatable bonds is 6. The first-order valence-corrected chi connectivity index (χ1v) is 8.30. The third-order valence-electron chi connectivity index (χ3n) is 3.37. The van der Waals surface area contributed by atoms with Crippen LogP contribution in [0.1, 0.15) is 34.9 Å². The van der Waals surface area contributed by atoms with Gasteiger partial charge in [-0.05, 0) is 24.1 Å². The number of thiazole rings is 1. The molecule has 1 unspecified atom stereocenters. The molecule has 0 spiro atoms. The third kappa shape index (κ3) is 4.53. The highest BCUT2D eigenvalue weighted by molar-refractivity contribution is 7.11. The standard InChI is InChI=1S/C16H19ClN2O2S/c1-3-13-9-18-15(22-13)10-19(2)16(21)8-14(20)11-4-6-12(17)7-5-11/h4-7,9,14,20H,3,8,10H2,1-2H3. The number of hydrogen-bond acceptors (Lipinski definition) is 4. The largest absolute Gasteiger partial charge is 0.388 e. The van der Waals surface area contributed by atoms with Crippen molar-refractivity contribution in [2.24, 2.45) is 0 Å². The van der Waals surface area contributed by atoms with E-state index in [1.165, 1.54) is 4.88 Å². The fourth-order valence-electron chi connectivity index (χ4n) is 2.00. The summed E-state index contributed by atoms with van der Waals surface area (Å²) in [7, 11) is 1.73. The summed E-state index contributed by atoms with van der Waals surface area (Å²) in [6, 6.07) is 6.87. The van der Waals surface area contributed by atoms with Crippen molar-refractivity contribution < 1.29 is 9.90 Å². The van der Waals surface area contributed by atoms with Gasteiger partial charge in [-0.15, -0.1) is 11.3 Å². The lowest BCUT2D eigenvalue weighted by Gasteiger charge is -2.18. The van der Waals surface area contributed by atoms with Crippen molar-refractivity contribution in [1.82, 2.24) is 9.88 Å². The van der Waals surface area contributed by atoms with Gasteiger partial charge in [0, 0.05) is 23.1 Å². The Morgan fingerprint density at radius 2 is 2.09 bits per heavy atom. The fourth-order valence-corrected chi connectivity index (χ4v) is 3.04. The highest BCUT2D eigenvalue weighted by Crippen LogP contribution is 2.21. The van der Waals surface area contributed by atoms with E-state index in [-0.39, 0.29) is 12.3 Å². The maximum absolute atomic E-state index is 12.2. The quantitative estimate of drug-likeness (QED) is 0.877. The van der Waals surface area contributed by atoms with E-state index in [2.05, 4.69) is 11.9 Å². The molecule has 1 aromatic carbocycles. The molecule has 0 aliphatic carbocycles. The average Bonchev–Trinajstić information content (AvgIpc) is 2.95. The van der Waals surface area contributed by atoms with Crippen molar-refractivity contribution in [3.63, 3.8) is 0 Å². The molecule has 0 bridgehead atoms. The van der Waals surface area contributed by atoms with E-state index in [1.54, 1.807) is 47.5 Å². The van der Waals surface area contributed by atoms with E-state index in [9.17, 15) is 9.90 Å². The zero-order valence-corrected chi connectivity index (χ0v) is 14.2. The minimum atomic E-state index is -0.824. The molecule has 1 atom stereocenters. The molecule has 0 fully saturated rings. The number of nitrogens with zero attached hydrogens (tertiary/aromatic N) is 2. The Morgan fingerprint density at radius 1 is 1.41 bits per heavy atom. The molecule has 118 valence electrons. The van der Waals surface area contributed by atoms with Crippen LogP contribution in [-0.2, 0) is 17.8 Å². The second-order valence-corrected chi connectivity index (χ2v) is 6.73. The second kappa shape index (κ2) is 7.72. The molecule has 0 aliphatic heterocycles. The molecule has 2 aromatic rings. The van der Waals surface area contributed by atoms with Gasteiger partial charge in [0.25, 0.3) is 0 Å².